The predicted octanol–water partition coefficient (Wildman–Crippen LogP) is 8.96. The summed E-state index contributed by atoms with van der Waals surface area (Å²) < 4.78 is 45.9. The molecule has 0 atom stereocenters. The van der Waals surface area contributed by atoms with Crippen LogP contribution < -0.4 is 4.74 Å². The van der Waals surface area contributed by atoms with Crippen molar-refractivity contribution in [2.24, 2.45) is 5.92 Å². The molecule has 6 nitrogen and oxygen atoms in total. The maximum absolute atomic E-state index is 13.8. The number of carbonyl (C=O) groups is 2. The molecule has 1 heterocycles. The zero-order valence-electron chi connectivity index (χ0n) is 26.4. The number of benzene rings is 2. The SMILES string of the molecule is CC(C)(C)c1ccc(Oc2ccc3cc(C(=O)N(CC(=O)O)CC4=CCC(C(F)(F)F)=CC=C4)nc(CC4CCCC4)c3c2)cc1. The molecule has 5 rings (SSSR count). The van der Waals surface area contributed by atoms with Gasteiger partial charge in [0.2, 0.25) is 0 Å². The number of hydrogen-bond acceptors (Lipinski definition) is 4. The van der Waals surface area contributed by atoms with Crippen LogP contribution in [-0.4, -0.2) is 46.1 Å². The highest BCUT2D eigenvalue weighted by molar-refractivity contribution is 5.98. The van der Waals surface area contributed by atoms with Crippen molar-refractivity contribution < 1.29 is 32.6 Å². The normalized spacial score (nSPS) is 15.8. The number of carbonyl (C=O) groups excluding carboxylic acids is 1. The van der Waals surface area contributed by atoms with Crippen LogP contribution in [0.4, 0.5) is 13.2 Å². The second-order valence-electron chi connectivity index (χ2n) is 13.2. The molecule has 1 aromatic heterocycles. The highest BCUT2D eigenvalue weighted by atomic mass is 19.4. The largest absolute Gasteiger partial charge is 0.480 e. The van der Waals surface area contributed by atoms with E-state index in [9.17, 15) is 27.9 Å². The lowest BCUT2D eigenvalue weighted by molar-refractivity contribution is -0.137. The first-order valence-corrected chi connectivity index (χ1v) is 15.6. The topological polar surface area (TPSA) is 79.7 Å². The molecule has 2 aromatic carbocycles. The van der Waals surface area contributed by atoms with Gasteiger partial charge >= 0.3 is 12.1 Å². The third-order valence-corrected chi connectivity index (χ3v) is 8.56. The first-order valence-electron chi connectivity index (χ1n) is 15.6. The van der Waals surface area contributed by atoms with Gasteiger partial charge in [0, 0.05) is 23.2 Å². The molecule has 1 fully saturated rings. The van der Waals surface area contributed by atoms with Gasteiger partial charge in [0.1, 0.15) is 23.7 Å². The third kappa shape index (κ3) is 8.24. The molecular weight excluding hydrogens is 593 g/mol. The van der Waals surface area contributed by atoms with Gasteiger partial charge in [0.25, 0.3) is 5.91 Å². The number of alkyl halides is 3. The average molecular weight is 633 g/mol. The fourth-order valence-corrected chi connectivity index (χ4v) is 6.01. The van der Waals surface area contributed by atoms with Crippen LogP contribution in [0.2, 0.25) is 0 Å². The summed E-state index contributed by atoms with van der Waals surface area (Å²) >= 11 is 0. The summed E-state index contributed by atoms with van der Waals surface area (Å²) in [6, 6.07) is 15.3. The number of halogens is 3. The number of nitrogens with zero attached hydrogens (tertiary/aromatic N) is 2. The van der Waals surface area contributed by atoms with E-state index in [4.69, 9.17) is 9.72 Å². The Balaban J connectivity index is 1.45. The number of ether oxygens (including phenoxy) is 1. The van der Waals surface area contributed by atoms with Crippen LogP contribution in [0.3, 0.4) is 0 Å². The van der Waals surface area contributed by atoms with E-state index in [1.807, 2.05) is 30.3 Å². The Bertz CT molecular complexity index is 1690. The van der Waals surface area contributed by atoms with Gasteiger partial charge in [0.05, 0.1) is 0 Å². The number of carboxylic acids is 1. The van der Waals surface area contributed by atoms with Crippen LogP contribution in [0, 0.1) is 5.92 Å². The number of pyridine rings is 1. The van der Waals surface area contributed by atoms with E-state index in [0.29, 0.717) is 29.4 Å². The Kier molecular flexibility index (Phi) is 9.70. The molecule has 1 N–H and O–H groups in total. The van der Waals surface area contributed by atoms with E-state index < -0.39 is 30.2 Å². The van der Waals surface area contributed by atoms with E-state index in [1.54, 1.807) is 6.07 Å². The Morgan fingerprint density at radius 2 is 1.70 bits per heavy atom. The van der Waals surface area contributed by atoms with Crippen molar-refractivity contribution in [2.75, 3.05) is 13.1 Å². The van der Waals surface area contributed by atoms with E-state index >= 15 is 0 Å². The van der Waals surface area contributed by atoms with Gasteiger partial charge in [-0.3, -0.25) is 9.59 Å². The molecular formula is C37H39F3N2O4. The summed E-state index contributed by atoms with van der Waals surface area (Å²) in [6.45, 7) is 5.67. The number of aromatic nitrogens is 1. The summed E-state index contributed by atoms with van der Waals surface area (Å²) in [7, 11) is 0. The molecule has 0 aliphatic heterocycles. The minimum absolute atomic E-state index is 0.0225. The molecule has 2 aliphatic carbocycles. The lowest BCUT2D eigenvalue weighted by Gasteiger charge is -2.22. The van der Waals surface area contributed by atoms with Crippen molar-refractivity contribution in [1.29, 1.82) is 0 Å². The molecule has 0 radical (unpaired) electrons. The zero-order valence-corrected chi connectivity index (χ0v) is 26.4. The van der Waals surface area contributed by atoms with Gasteiger partial charge in [-0.15, -0.1) is 0 Å². The minimum atomic E-state index is -4.47. The Morgan fingerprint density at radius 3 is 2.35 bits per heavy atom. The lowest BCUT2D eigenvalue weighted by atomic mass is 9.87. The summed E-state index contributed by atoms with van der Waals surface area (Å²) in [5.41, 5.74) is 1.76. The lowest BCUT2D eigenvalue weighted by Crippen LogP contribution is -2.37. The maximum atomic E-state index is 13.8. The third-order valence-electron chi connectivity index (χ3n) is 8.56. The molecule has 2 aliphatic rings. The summed E-state index contributed by atoms with van der Waals surface area (Å²) in [5.74, 6) is -0.0739. The molecule has 46 heavy (non-hydrogen) atoms. The van der Waals surface area contributed by atoms with Crippen molar-refractivity contribution in [3.8, 4) is 11.5 Å². The number of hydrogen-bond donors (Lipinski definition) is 1. The Labute approximate surface area is 267 Å². The molecule has 0 unspecified atom stereocenters. The quantitative estimate of drug-likeness (QED) is 0.255. The fraction of sp³-hybridized carbons (Fsp3) is 0.378. The monoisotopic (exact) mass is 632 g/mol. The number of fused-ring (bicyclic) bond motifs is 1. The highest BCUT2D eigenvalue weighted by Gasteiger charge is 2.33. The second kappa shape index (κ2) is 13.5. The molecule has 9 heteroatoms. The number of allylic oxidation sites excluding steroid dienone is 4. The standard InChI is InChI=1S/C37H39F3N2O4/c1-36(2,3)27-14-17-29(18-15-27)46-30-16-12-26-20-33(41-32(31(26)21-30)19-24-7-4-5-8-24)35(45)42(23-34(43)44)22-25-9-6-10-28(13-11-25)37(38,39)40/h6,9-12,14-18,20-21,24H,4-5,7-8,13,19,22-23H2,1-3H3,(H,43,44). The van der Waals surface area contributed by atoms with Gasteiger partial charge in [-0.2, -0.15) is 13.2 Å². The van der Waals surface area contributed by atoms with Crippen molar-refractivity contribution >= 4 is 22.6 Å². The van der Waals surface area contributed by atoms with Crippen LogP contribution in [-0.2, 0) is 16.6 Å². The van der Waals surface area contributed by atoms with Crippen LogP contribution in [0.25, 0.3) is 10.8 Å². The molecule has 0 spiro atoms. The van der Waals surface area contributed by atoms with Gasteiger partial charge in [-0.05, 0) is 71.0 Å². The van der Waals surface area contributed by atoms with Crippen LogP contribution in [0.1, 0.15) is 74.6 Å². The number of rotatable bonds is 9. The van der Waals surface area contributed by atoms with Gasteiger partial charge in [-0.1, -0.05) is 89.0 Å². The number of amides is 1. The van der Waals surface area contributed by atoms with Gasteiger partial charge in [-0.25, -0.2) is 4.98 Å². The number of aliphatic carboxylic acids is 1. The van der Waals surface area contributed by atoms with Gasteiger partial charge in [0.15, 0.2) is 0 Å². The van der Waals surface area contributed by atoms with Crippen molar-refractivity contribution in [2.45, 2.75) is 70.9 Å². The first kappa shape index (κ1) is 33.0. The second-order valence-corrected chi connectivity index (χ2v) is 13.2. The molecule has 0 bridgehead atoms. The van der Waals surface area contributed by atoms with Crippen molar-refractivity contribution in [3.05, 3.63) is 101 Å². The van der Waals surface area contributed by atoms with Crippen LogP contribution in [0.5, 0.6) is 11.5 Å². The highest BCUT2D eigenvalue weighted by Crippen LogP contribution is 2.34. The summed E-state index contributed by atoms with van der Waals surface area (Å²) in [6.07, 6.45) is 5.35. The molecule has 1 amide bonds. The first-order chi connectivity index (χ1) is 21.8. The van der Waals surface area contributed by atoms with E-state index in [2.05, 4.69) is 32.9 Å². The molecule has 242 valence electrons. The summed E-state index contributed by atoms with van der Waals surface area (Å²) in [5, 5.41) is 11.2. The van der Waals surface area contributed by atoms with Crippen molar-refractivity contribution in [3.63, 3.8) is 0 Å². The summed E-state index contributed by atoms with van der Waals surface area (Å²) in [4.78, 5) is 31.5. The van der Waals surface area contributed by atoms with E-state index in [-0.39, 0.29) is 24.1 Å². The van der Waals surface area contributed by atoms with Crippen LogP contribution in [0.15, 0.2) is 84.0 Å². The van der Waals surface area contributed by atoms with Crippen molar-refractivity contribution in [1.82, 2.24) is 9.88 Å². The fourth-order valence-electron chi connectivity index (χ4n) is 6.01. The maximum Gasteiger partial charge on any atom is 0.412 e. The predicted molar refractivity (Wildman–Crippen MR) is 172 cm³/mol. The van der Waals surface area contributed by atoms with Crippen LogP contribution >= 0.6 is 0 Å². The molecule has 1 saturated carbocycles. The minimum Gasteiger partial charge on any atom is -0.480 e. The van der Waals surface area contributed by atoms with Gasteiger partial charge < -0.3 is 14.7 Å². The average Bonchev–Trinajstić information content (AvgIpc) is 3.38. The number of carboxylic acid groups (broad SMARTS) is 1. The molecule has 0 saturated heterocycles. The van der Waals surface area contributed by atoms with E-state index in [1.165, 1.54) is 23.8 Å². The van der Waals surface area contributed by atoms with E-state index in [0.717, 1.165) is 53.1 Å². The molecule has 3 aromatic rings. The Hall–Kier alpha value is -4.40. The zero-order chi connectivity index (χ0) is 33.1. The smallest absolute Gasteiger partial charge is 0.412 e. The Morgan fingerprint density at radius 1 is 1.00 bits per heavy atom.